The number of nitrogens with one attached hydrogen (secondary N) is 1. The number of aromatic nitrogens is 3. The fraction of sp³-hybridized carbons (Fsp3) is 0.375. The zero-order chi connectivity index (χ0) is 23.4. The Bertz CT molecular complexity index is 1180. The molecule has 8 heteroatoms. The van der Waals surface area contributed by atoms with Crippen molar-refractivity contribution in [3.05, 3.63) is 69.7 Å². The number of aryl methyl sites for hydroxylation is 2. The van der Waals surface area contributed by atoms with Gasteiger partial charge >= 0.3 is 5.69 Å². The second-order valence-electron chi connectivity index (χ2n) is 7.86. The second kappa shape index (κ2) is 9.80. The molecule has 2 aromatic carbocycles. The highest BCUT2D eigenvalue weighted by Gasteiger charge is 2.22. The summed E-state index contributed by atoms with van der Waals surface area (Å²) in [7, 11) is 1.59. The van der Waals surface area contributed by atoms with Gasteiger partial charge in [-0.15, -0.1) is 5.10 Å². The summed E-state index contributed by atoms with van der Waals surface area (Å²) in [5, 5.41) is 7.03. The first-order valence-corrected chi connectivity index (χ1v) is 10.8. The van der Waals surface area contributed by atoms with Crippen LogP contribution in [0.2, 0.25) is 0 Å². The highest BCUT2D eigenvalue weighted by Crippen LogP contribution is 2.28. The van der Waals surface area contributed by atoms with Crippen molar-refractivity contribution in [3.63, 3.8) is 0 Å². The van der Waals surface area contributed by atoms with E-state index in [0.29, 0.717) is 17.9 Å². The van der Waals surface area contributed by atoms with Crippen LogP contribution in [0.1, 0.15) is 55.4 Å². The molecule has 0 bridgehead atoms. The van der Waals surface area contributed by atoms with Gasteiger partial charge in [0.05, 0.1) is 11.7 Å². The predicted octanol–water partition coefficient (Wildman–Crippen LogP) is 4.40. The summed E-state index contributed by atoms with van der Waals surface area (Å²) >= 11 is 0. The minimum Gasteiger partial charge on any atom is -0.490 e. The van der Waals surface area contributed by atoms with Crippen LogP contribution < -0.4 is 15.7 Å². The number of ether oxygens (including phenoxy) is 1. The van der Waals surface area contributed by atoms with E-state index in [1.165, 1.54) is 10.6 Å². The van der Waals surface area contributed by atoms with E-state index < -0.39 is 17.4 Å². The predicted molar refractivity (Wildman–Crippen MR) is 122 cm³/mol. The van der Waals surface area contributed by atoms with Gasteiger partial charge in [-0.05, 0) is 44.0 Å². The SMILES string of the molecule is CCCC(C)Oc1cc(-n2nc(CC)n(C)c2=O)c(F)cc1C(=O)Nc1cccc(C)c1. The molecule has 3 aromatic rings. The van der Waals surface area contributed by atoms with Crippen LogP contribution in [0.5, 0.6) is 5.75 Å². The van der Waals surface area contributed by atoms with Gasteiger partial charge in [0.15, 0.2) is 0 Å². The molecule has 170 valence electrons. The number of carbonyl (C=O) groups is 1. The second-order valence-corrected chi connectivity index (χ2v) is 7.86. The maximum atomic E-state index is 15.1. The van der Waals surface area contributed by atoms with Crippen molar-refractivity contribution in [2.24, 2.45) is 7.05 Å². The Morgan fingerprint density at radius 1 is 1.25 bits per heavy atom. The van der Waals surface area contributed by atoms with Crippen molar-refractivity contribution >= 4 is 11.6 Å². The summed E-state index contributed by atoms with van der Waals surface area (Å²) < 4.78 is 23.5. The number of rotatable bonds is 8. The summed E-state index contributed by atoms with van der Waals surface area (Å²) in [5.74, 6) is -0.513. The quantitative estimate of drug-likeness (QED) is 0.563. The topological polar surface area (TPSA) is 78.2 Å². The average molecular weight is 441 g/mol. The molecule has 0 fully saturated rings. The minimum atomic E-state index is -0.738. The van der Waals surface area contributed by atoms with Crippen LogP contribution >= 0.6 is 0 Å². The van der Waals surface area contributed by atoms with Gasteiger partial charge in [-0.2, -0.15) is 4.68 Å². The third-order valence-corrected chi connectivity index (χ3v) is 5.21. The molecule has 7 nitrogen and oxygen atoms in total. The van der Waals surface area contributed by atoms with E-state index in [1.54, 1.807) is 13.1 Å². The number of halogens is 1. The molecule has 1 N–H and O–H groups in total. The van der Waals surface area contributed by atoms with E-state index in [9.17, 15) is 9.59 Å². The molecule has 1 atom stereocenters. The minimum absolute atomic E-state index is 0.0513. The number of anilines is 1. The van der Waals surface area contributed by atoms with Gasteiger partial charge in [-0.25, -0.2) is 9.18 Å². The van der Waals surface area contributed by atoms with Crippen molar-refractivity contribution < 1.29 is 13.9 Å². The van der Waals surface area contributed by atoms with Crippen LogP contribution in [-0.2, 0) is 13.5 Å². The molecule has 0 aliphatic rings. The molecule has 32 heavy (non-hydrogen) atoms. The maximum absolute atomic E-state index is 15.1. The van der Waals surface area contributed by atoms with Crippen molar-refractivity contribution in [2.75, 3.05) is 5.32 Å². The molecule has 0 saturated carbocycles. The largest absolute Gasteiger partial charge is 0.490 e. The first kappa shape index (κ1) is 23.2. The normalized spacial score (nSPS) is 11.9. The maximum Gasteiger partial charge on any atom is 0.350 e. The van der Waals surface area contributed by atoms with Crippen molar-refractivity contribution in [1.29, 1.82) is 0 Å². The zero-order valence-electron chi connectivity index (χ0n) is 19.1. The number of benzene rings is 2. The molecule has 1 aromatic heterocycles. The fourth-order valence-corrected chi connectivity index (χ4v) is 3.53. The van der Waals surface area contributed by atoms with E-state index in [2.05, 4.69) is 10.4 Å². The van der Waals surface area contributed by atoms with E-state index >= 15 is 4.39 Å². The van der Waals surface area contributed by atoms with Gasteiger partial charge in [-0.3, -0.25) is 9.36 Å². The highest BCUT2D eigenvalue weighted by atomic mass is 19.1. The lowest BCUT2D eigenvalue weighted by molar-refractivity contribution is 0.101. The Morgan fingerprint density at radius 2 is 2.00 bits per heavy atom. The zero-order valence-corrected chi connectivity index (χ0v) is 19.1. The third-order valence-electron chi connectivity index (χ3n) is 5.21. The van der Waals surface area contributed by atoms with Gasteiger partial charge < -0.3 is 10.1 Å². The summed E-state index contributed by atoms with van der Waals surface area (Å²) in [6, 6.07) is 9.80. The summed E-state index contributed by atoms with van der Waals surface area (Å²) in [5.41, 5.74) is 1.11. The molecule has 0 spiro atoms. The van der Waals surface area contributed by atoms with Gasteiger partial charge in [-0.1, -0.05) is 32.4 Å². The van der Waals surface area contributed by atoms with Crippen LogP contribution in [0, 0.1) is 12.7 Å². The molecule has 0 aliphatic heterocycles. The number of carbonyl (C=O) groups excluding carboxylic acids is 1. The molecule has 0 radical (unpaired) electrons. The average Bonchev–Trinajstić information content (AvgIpc) is 3.03. The van der Waals surface area contributed by atoms with Crippen LogP contribution in [-0.4, -0.2) is 26.4 Å². The highest BCUT2D eigenvalue weighted by molar-refractivity contribution is 6.06. The summed E-state index contributed by atoms with van der Waals surface area (Å²) in [6.07, 6.45) is 1.97. The Morgan fingerprint density at radius 3 is 2.62 bits per heavy atom. The number of hydrogen-bond donors (Lipinski definition) is 1. The van der Waals surface area contributed by atoms with E-state index in [4.69, 9.17) is 4.74 Å². The van der Waals surface area contributed by atoms with Gasteiger partial charge in [0.1, 0.15) is 23.1 Å². The summed E-state index contributed by atoms with van der Waals surface area (Å²) in [6.45, 7) is 7.69. The number of nitrogens with zero attached hydrogens (tertiary/aromatic N) is 3. The Labute approximate surface area is 186 Å². The van der Waals surface area contributed by atoms with Crippen LogP contribution in [0.15, 0.2) is 41.2 Å². The molecule has 0 saturated heterocycles. The lowest BCUT2D eigenvalue weighted by atomic mass is 10.1. The Hall–Kier alpha value is -3.42. The molecule has 0 aliphatic carbocycles. The van der Waals surface area contributed by atoms with Gasteiger partial charge in [0, 0.05) is 25.2 Å². The van der Waals surface area contributed by atoms with E-state index in [-0.39, 0.29) is 23.1 Å². The fourth-order valence-electron chi connectivity index (χ4n) is 3.53. The van der Waals surface area contributed by atoms with Gasteiger partial charge in [0.2, 0.25) is 0 Å². The lowest BCUT2D eigenvalue weighted by Gasteiger charge is -2.18. The van der Waals surface area contributed by atoms with Crippen LogP contribution in [0.25, 0.3) is 5.69 Å². The Balaban J connectivity index is 2.07. The molecule has 3 rings (SSSR count). The van der Waals surface area contributed by atoms with E-state index in [0.717, 1.165) is 29.2 Å². The van der Waals surface area contributed by atoms with Crippen LogP contribution in [0.4, 0.5) is 10.1 Å². The number of hydrogen-bond acceptors (Lipinski definition) is 4. The van der Waals surface area contributed by atoms with E-state index in [1.807, 2.05) is 45.9 Å². The Kier molecular flexibility index (Phi) is 7.12. The third kappa shape index (κ3) is 4.90. The van der Waals surface area contributed by atoms with Crippen molar-refractivity contribution in [2.45, 2.75) is 53.1 Å². The first-order chi connectivity index (χ1) is 15.2. The molecule has 1 unspecified atom stereocenters. The smallest absolute Gasteiger partial charge is 0.350 e. The monoisotopic (exact) mass is 440 g/mol. The molecule has 1 amide bonds. The van der Waals surface area contributed by atoms with Crippen LogP contribution in [0.3, 0.4) is 0 Å². The standard InChI is InChI=1S/C24H29FN4O3/c1-6-9-16(4)32-21-14-20(29-24(31)28(5)22(7-2)27-29)19(25)13-18(21)23(30)26-17-11-8-10-15(3)12-17/h8,10-14,16H,6-7,9H2,1-5H3,(H,26,30). The lowest BCUT2D eigenvalue weighted by Crippen LogP contribution is -2.24. The van der Waals surface area contributed by atoms with Crippen molar-refractivity contribution in [1.82, 2.24) is 14.3 Å². The summed E-state index contributed by atoms with van der Waals surface area (Å²) in [4.78, 5) is 25.6. The van der Waals surface area contributed by atoms with Crippen molar-refractivity contribution in [3.8, 4) is 11.4 Å². The molecular formula is C24H29FN4O3. The number of amides is 1. The molecule has 1 heterocycles. The molecular weight excluding hydrogens is 411 g/mol. The van der Waals surface area contributed by atoms with Gasteiger partial charge in [0.25, 0.3) is 5.91 Å². The first-order valence-electron chi connectivity index (χ1n) is 10.8.